The number of nitrogens with zero attached hydrogens (tertiary/aromatic N) is 4. The third-order valence-electron chi connectivity index (χ3n) is 6.73. The number of aromatic nitrogens is 1. The number of hydrogen-bond acceptors (Lipinski definition) is 6. The molecule has 0 atom stereocenters. The molecule has 0 radical (unpaired) electrons. The molecule has 1 aromatic rings. The monoisotopic (exact) mass is 404 g/mol. The first-order valence-electron chi connectivity index (χ1n) is 10.9. The second-order valence-electron chi connectivity index (χ2n) is 8.59. The number of ether oxygens (including phenoxy) is 1. The Morgan fingerprint density at radius 3 is 2.66 bits per heavy atom. The molecular weight excluding hydrogens is 372 g/mol. The summed E-state index contributed by atoms with van der Waals surface area (Å²) in [6.45, 7) is 3.30. The van der Waals surface area contributed by atoms with Gasteiger partial charge in [-0.05, 0) is 45.1 Å². The third kappa shape index (κ3) is 4.42. The van der Waals surface area contributed by atoms with Crippen LogP contribution in [0, 0.1) is 5.92 Å². The maximum absolute atomic E-state index is 13.1. The van der Waals surface area contributed by atoms with Gasteiger partial charge in [-0.3, -0.25) is 4.79 Å². The van der Waals surface area contributed by atoms with Crippen molar-refractivity contribution in [3.63, 3.8) is 0 Å². The SMILES string of the molecule is COC(=O)CCC1CCC(N2CCN(c3nc4c(o3)CCN(C)CC4)C2=O)CC1. The lowest BCUT2D eigenvalue weighted by molar-refractivity contribution is -0.141. The summed E-state index contributed by atoms with van der Waals surface area (Å²) < 4.78 is 10.7. The minimum absolute atomic E-state index is 0.0246. The van der Waals surface area contributed by atoms with Gasteiger partial charge in [0.2, 0.25) is 0 Å². The van der Waals surface area contributed by atoms with Crippen molar-refractivity contribution in [1.29, 1.82) is 0 Å². The summed E-state index contributed by atoms with van der Waals surface area (Å²) in [6.07, 6.45) is 7.22. The van der Waals surface area contributed by atoms with Crippen molar-refractivity contribution in [2.75, 3.05) is 45.2 Å². The number of rotatable bonds is 5. The number of oxazole rings is 1. The fourth-order valence-electron chi connectivity index (χ4n) is 4.82. The molecule has 3 aliphatic rings. The third-order valence-corrected chi connectivity index (χ3v) is 6.73. The lowest BCUT2D eigenvalue weighted by Crippen LogP contribution is -2.41. The van der Waals surface area contributed by atoms with Crippen LogP contribution >= 0.6 is 0 Å². The van der Waals surface area contributed by atoms with E-state index < -0.39 is 0 Å². The number of fused-ring (bicyclic) bond motifs is 1. The lowest BCUT2D eigenvalue weighted by atomic mass is 9.83. The van der Waals surface area contributed by atoms with Gasteiger partial charge in [0.05, 0.1) is 12.8 Å². The van der Waals surface area contributed by atoms with Crippen molar-refractivity contribution in [1.82, 2.24) is 14.8 Å². The Labute approximate surface area is 172 Å². The van der Waals surface area contributed by atoms with Crippen LogP contribution in [-0.2, 0) is 22.4 Å². The Bertz CT molecular complexity index is 716. The van der Waals surface area contributed by atoms with E-state index in [9.17, 15) is 9.59 Å². The normalized spacial score (nSPS) is 25.8. The maximum atomic E-state index is 13.1. The number of carbonyl (C=O) groups excluding carboxylic acids is 2. The summed E-state index contributed by atoms with van der Waals surface area (Å²) in [5.74, 6) is 1.36. The molecule has 0 bridgehead atoms. The number of likely N-dealkylation sites (N-methyl/N-ethyl adjacent to an activating group) is 1. The Kier molecular flexibility index (Phi) is 6.08. The highest BCUT2D eigenvalue weighted by Gasteiger charge is 2.38. The predicted molar refractivity (Wildman–Crippen MR) is 108 cm³/mol. The highest BCUT2D eigenvalue weighted by atomic mass is 16.5. The van der Waals surface area contributed by atoms with Crippen LogP contribution in [-0.4, -0.2) is 73.2 Å². The quantitative estimate of drug-likeness (QED) is 0.702. The van der Waals surface area contributed by atoms with Gasteiger partial charge < -0.3 is 19.0 Å². The maximum Gasteiger partial charge on any atom is 0.328 e. The van der Waals surface area contributed by atoms with Gasteiger partial charge in [0.25, 0.3) is 0 Å². The van der Waals surface area contributed by atoms with Gasteiger partial charge in [0.15, 0.2) is 0 Å². The van der Waals surface area contributed by atoms with E-state index in [1.807, 2.05) is 4.90 Å². The van der Waals surface area contributed by atoms with E-state index in [0.29, 0.717) is 24.9 Å². The van der Waals surface area contributed by atoms with Gasteiger partial charge in [-0.15, -0.1) is 0 Å². The molecule has 160 valence electrons. The van der Waals surface area contributed by atoms with Crippen LogP contribution in [0.5, 0.6) is 0 Å². The van der Waals surface area contributed by atoms with Gasteiger partial charge in [0.1, 0.15) is 5.76 Å². The van der Waals surface area contributed by atoms with Crippen LogP contribution < -0.4 is 4.90 Å². The molecule has 0 aromatic carbocycles. The molecule has 8 nitrogen and oxygen atoms in total. The Morgan fingerprint density at radius 2 is 1.90 bits per heavy atom. The molecule has 1 saturated carbocycles. The summed E-state index contributed by atoms with van der Waals surface area (Å²) in [5, 5.41) is 0. The molecule has 2 fully saturated rings. The molecule has 4 rings (SSSR count). The van der Waals surface area contributed by atoms with E-state index in [-0.39, 0.29) is 18.0 Å². The molecular formula is C21H32N4O4. The summed E-state index contributed by atoms with van der Waals surface area (Å²) in [5.41, 5.74) is 1.00. The fourth-order valence-corrected chi connectivity index (χ4v) is 4.82. The van der Waals surface area contributed by atoms with Crippen LogP contribution in [0.1, 0.15) is 50.0 Å². The molecule has 0 N–H and O–H groups in total. The molecule has 1 saturated heterocycles. The van der Waals surface area contributed by atoms with Crippen LogP contribution in [0.4, 0.5) is 10.8 Å². The molecule has 2 amide bonds. The minimum atomic E-state index is -0.131. The number of carbonyl (C=O) groups is 2. The van der Waals surface area contributed by atoms with Gasteiger partial charge in [-0.2, -0.15) is 4.98 Å². The highest BCUT2D eigenvalue weighted by Crippen LogP contribution is 2.33. The standard InChI is InChI=1S/C21H32N4O4/c1-23-11-9-17-18(10-12-23)29-20(22-17)25-14-13-24(21(25)27)16-6-3-15(4-7-16)5-8-19(26)28-2/h15-16H,3-14H2,1-2H3. The summed E-state index contributed by atoms with van der Waals surface area (Å²) in [4.78, 5) is 35.1. The number of urea groups is 1. The average Bonchev–Trinajstić information content (AvgIpc) is 3.27. The largest absolute Gasteiger partial charge is 0.469 e. The first kappa shape index (κ1) is 20.2. The van der Waals surface area contributed by atoms with E-state index in [4.69, 9.17) is 9.15 Å². The Morgan fingerprint density at radius 1 is 1.14 bits per heavy atom. The predicted octanol–water partition coefficient (Wildman–Crippen LogP) is 2.46. The Hall–Kier alpha value is -2.09. The Balaban J connectivity index is 1.32. The number of esters is 1. The van der Waals surface area contributed by atoms with Gasteiger partial charge in [-0.1, -0.05) is 0 Å². The van der Waals surface area contributed by atoms with Crippen LogP contribution in [0.2, 0.25) is 0 Å². The molecule has 2 aliphatic heterocycles. The first-order chi connectivity index (χ1) is 14.0. The number of methoxy groups -OCH3 is 1. The van der Waals surface area contributed by atoms with Gasteiger partial charge >= 0.3 is 18.0 Å². The fraction of sp³-hybridized carbons (Fsp3) is 0.762. The van der Waals surface area contributed by atoms with Crippen molar-refractivity contribution in [3.8, 4) is 0 Å². The summed E-state index contributed by atoms with van der Waals surface area (Å²) >= 11 is 0. The molecule has 1 aromatic heterocycles. The highest BCUT2D eigenvalue weighted by molar-refractivity contribution is 5.92. The van der Waals surface area contributed by atoms with E-state index in [1.54, 1.807) is 4.90 Å². The topological polar surface area (TPSA) is 79.1 Å². The van der Waals surface area contributed by atoms with Crippen molar-refractivity contribution in [2.45, 2.75) is 57.4 Å². The number of hydrogen-bond donors (Lipinski definition) is 0. The van der Waals surface area contributed by atoms with Crippen molar-refractivity contribution >= 4 is 18.0 Å². The zero-order valence-corrected chi connectivity index (χ0v) is 17.6. The van der Waals surface area contributed by atoms with Crippen molar-refractivity contribution in [2.24, 2.45) is 5.92 Å². The number of amides is 2. The van der Waals surface area contributed by atoms with Crippen LogP contribution in [0.25, 0.3) is 0 Å². The van der Waals surface area contributed by atoms with E-state index in [1.165, 1.54) is 7.11 Å². The second kappa shape index (κ2) is 8.73. The zero-order valence-electron chi connectivity index (χ0n) is 17.6. The first-order valence-corrected chi connectivity index (χ1v) is 10.9. The lowest BCUT2D eigenvalue weighted by Gasteiger charge is -2.34. The smallest absolute Gasteiger partial charge is 0.328 e. The van der Waals surface area contributed by atoms with Crippen LogP contribution in [0.15, 0.2) is 4.42 Å². The average molecular weight is 405 g/mol. The summed E-state index contributed by atoms with van der Waals surface area (Å²) in [6, 6.07) is 0.777. The molecule has 0 unspecified atom stereocenters. The molecule has 8 heteroatoms. The summed E-state index contributed by atoms with van der Waals surface area (Å²) in [7, 11) is 3.55. The minimum Gasteiger partial charge on any atom is -0.469 e. The van der Waals surface area contributed by atoms with E-state index in [0.717, 1.165) is 76.0 Å². The zero-order chi connectivity index (χ0) is 20.4. The number of anilines is 1. The second-order valence-corrected chi connectivity index (χ2v) is 8.59. The van der Waals surface area contributed by atoms with Gasteiger partial charge in [-0.25, -0.2) is 9.69 Å². The van der Waals surface area contributed by atoms with Crippen LogP contribution in [0.3, 0.4) is 0 Å². The molecule has 3 heterocycles. The van der Waals surface area contributed by atoms with E-state index in [2.05, 4.69) is 16.9 Å². The molecule has 1 aliphatic carbocycles. The van der Waals surface area contributed by atoms with Crippen molar-refractivity contribution in [3.05, 3.63) is 11.5 Å². The van der Waals surface area contributed by atoms with E-state index >= 15 is 0 Å². The molecule has 0 spiro atoms. The van der Waals surface area contributed by atoms with Gasteiger partial charge in [0, 0.05) is 51.5 Å². The molecule has 29 heavy (non-hydrogen) atoms. The van der Waals surface area contributed by atoms with Crippen molar-refractivity contribution < 1.29 is 18.7 Å².